The van der Waals surface area contributed by atoms with E-state index in [1.54, 1.807) is 0 Å². The molecule has 312 valence electrons. The molecule has 0 spiro atoms. The largest absolute Gasteiger partial charge is 0.459 e. The molecule has 0 saturated carbocycles. The smallest absolute Gasteiger partial charge is 0.328 e. The Morgan fingerprint density at radius 2 is 0.857 bits per heavy atom. The lowest BCUT2D eigenvalue weighted by Crippen LogP contribution is -2.48. The Morgan fingerprint density at radius 3 is 1.16 bits per heavy atom. The molecule has 0 aromatic heterocycles. The zero-order valence-corrected chi connectivity index (χ0v) is 33.8. The maximum Gasteiger partial charge on any atom is 0.328 e. The van der Waals surface area contributed by atoms with Gasteiger partial charge in [0.05, 0.1) is 65.9 Å². The van der Waals surface area contributed by atoms with Crippen LogP contribution in [0, 0.1) is 11.8 Å². The molecule has 1 heterocycles. The quantitative estimate of drug-likeness (QED) is 0.241. The summed E-state index contributed by atoms with van der Waals surface area (Å²) in [5, 5.41) is 5.77. The molecule has 2 amide bonds. The monoisotopic (exact) mass is 784 g/mol. The highest BCUT2D eigenvalue weighted by Gasteiger charge is 2.26. The van der Waals surface area contributed by atoms with Crippen molar-refractivity contribution in [1.82, 2.24) is 20.4 Å². The van der Waals surface area contributed by atoms with Crippen LogP contribution in [0.3, 0.4) is 0 Å². The lowest BCUT2D eigenvalue weighted by molar-refractivity contribution is -0.150. The van der Waals surface area contributed by atoms with Gasteiger partial charge in [0.2, 0.25) is 11.8 Å². The third-order valence-corrected chi connectivity index (χ3v) is 8.79. The van der Waals surface area contributed by atoms with Crippen molar-refractivity contribution in [2.45, 2.75) is 65.8 Å². The number of nitrogens with zero attached hydrogens (tertiary/aromatic N) is 2. The summed E-state index contributed by atoms with van der Waals surface area (Å²) in [5.41, 5.74) is 1.76. The molecule has 14 nitrogen and oxygen atoms in total. The minimum atomic E-state index is -0.755. The van der Waals surface area contributed by atoms with E-state index >= 15 is 0 Å². The summed E-state index contributed by atoms with van der Waals surface area (Å²) in [7, 11) is 0. The van der Waals surface area contributed by atoms with E-state index in [9.17, 15) is 19.2 Å². The molecule has 2 unspecified atom stereocenters. The molecular formula is C42H64N4O10. The molecule has 1 aliphatic heterocycles. The molecule has 56 heavy (non-hydrogen) atoms. The molecular weight excluding hydrogens is 720 g/mol. The zero-order chi connectivity index (χ0) is 40.4. The number of hydrogen-bond donors (Lipinski definition) is 2. The first-order chi connectivity index (χ1) is 27.1. The number of esters is 2. The van der Waals surface area contributed by atoms with Gasteiger partial charge in [-0.3, -0.25) is 19.4 Å². The van der Waals surface area contributed by atoms with Crippen LogP contribution in [0.1, 0.15) is 51.7 Å². The summed E-state index contributed by atoms with van der Waals surface area (Å²) in [6, 6.07) is 17.4. The molecule has 3 rings (SSSR count). The van der Waals surface area contributed by atoms with Crippen molar-refractivity contribution in [2.75, 3.05) is 92.1 Å². The summed E-state index contributed by atoms with van der Waals surface area (Å²) < 4.78 is 34.4. The van der Waals surface area contributed by atoms with Crippen molar-refractivity contribution in [2.24, 2.45) is 11.8 Å². The van der Waals surface area contributed by atoms with Crippen LogP contribution in [-0.4, -0.2) is 138 Å². The third-order valence-electron chi connectivity index (χ3n) is 8.79. The molecule has 2 aromatic rings. The van der Waals surface area contributed by atoms with E-state index in [1.807, 2.05) is 98.2 Å². The van der Waals surface area contributed by atoms with Gasteiger partial charge in [-0.05, 0) is 35.8 Å². The van der Waals surface area contributed by atoms with Gasteiger partial charge >= 0.3 is 11.9 Å². The van der Waals surface area contributed by atoms with Crippen molar-refractivity contribution in [1.29, 1.82) is 0 Å². The molecule has 1 fully saturated rings. The van der Waals surface area contributed by atoms with Crippen molar-refractivity contribution in [3.63, 3.8) is 0 Å². The van der Waals surface area contributed by atoms with Gasteiger partial charge in [-0.1, -0.05) is 88.4 Å². The minimum absolute atomic E-state index is 0.0663. The first-order valence-electron chi connectivity index (χ1n) is 19.8. The van der Waals surface area contributed by atoms with E-state index < -0.39 is 24.0 Å². The number of amides is 2. The Balaban J connectivity index is 1.45. The predicted octanol–water partition coefficient (Wildman–Crippen LogP) is 3.22. The number of nitrogens with one attached hydrogen (secondary N) is 2. The van der Waals surface area contributed by atoms with Crippen molar-refractivity contribution in [3.8, 4) is 0 Å². The maximum absolute atomic E-state index is 13.2. The zero-order valence-electron chi connectivity index (χ0n) is 33.8. The maximum atomic E-state index is 13.2. The first-order valence-corrected chi connectivity index (χ1v) is 19.8. The minimum Gasteiger partial charge on any atom is -0.459 e. The summed E-state index contributed by atoms with van der Waals surface area (Å²) in [4.78, 5) is 56.1. The number of ether oxygens (including phenoxy) is 6. The first kappa shape index (κ1) is 46.5. The van der Waals surface area contributed by atoms with Gasteiger partial charge in [0.15, 0.2) is 0 Å². The van der Waals surface area contributed by atoms with E-state index in [1.165, 1.54) is 0 Å². The topological polar surface area (TPSA) is 154 Å². The SMILES string of the molecule is CC(C)CC(NC(=O)CN1CCOCCOCCN(CC(=O)NC(CC(C)C)C(=O)OCc2ccccc2)CCOCCOCC1)C(=O)OCc1ccccc1. The fourth-order valence-electron chi connectivity index (χ4n) is 5.87. The normalized spacial score (nSPS) is 17.2. The van der Waals surface area contributed by atoms with Crippen LogP contribution in [0.4, 0.5) is 0 Å². The highest BCUT2D eigenvalue weighted by Crippen LogP contribution is 2.11. The Morgan fingerprint density at radius 1 is 0.536 bits per heavy atom. The molecule has 0 radical (unpaired) electrons. The Kier molecular flexibility index (Phi) is 22.9. The van der Waals surface area contributed by atoms with Crippen molar-refractivity contribution in [3.05, 3.63) is 71.8 Å². The average molecular weight is 785 g/mol. The van der Waals surface area contributed by atoms with Gasteiger partial charge < -0.3 is 39.1 Å². The van der Waals surface area contributed by atoms with Crippen LogP contribution < -0.4 is 10.6 Å². The fourth-order valence-corrected chi connectivity index (χ4v) is 5.87. The lowest BCUT2D eigenvalue weighted by atomic mass is 10.0. The van der Waals surface area contributed by atoms with Gasteiger partial charge in [0.25, 0.3) is 0 Å². The Labute approximate surface area is 332 Å². The van der Waals surface area contributed by atoms with Crippen molar-refractivity contribution >= 4 is 23.8 Å². The second-order valence-electron chi connectivity index (χ2n) is 14.7. The molecule has 1 aliphatic rings. The molecule has 2 aromatic carbocycles. The second kappa shape index (κ2) is 27.6. The molecule has 0 aliphatic carbocycles. The Hall–Kier alpha value is -3.92. The van der Waals surface area contributed by atoms with Crippen LogP contribution in [-0.2, 0) is 60.8 Å². The molecule has 14 heteroatoms. The van der Waals surface area contributed by atoms with Crippen LogP contribution in [0.2, 0.25) is 0 Å². The number of hydrogen-bond acceptors (Lipinski definition) is 12. The van der Waals surface area contributed by atoms with Gasteiger partial charge in [-0.2, -0.15) is 0 Å². The highest BCUT2D eigenvalue weighted by atomic mass is 16.5. The van der Waals surface area contributed by atoms with E-state index in [0.717, 1.165) is 11.1 Å². The number of rotatable bonds is 16. The van der Waals surface area contributed by atoms with Crippen LogP contribution >= 0.6 is 0 Å². The molecule has 1 saturated heterocycles. The number of benzene rings is 2. The van der Waals surface area contributed by atoms with Gasteiger partial charge in [0.1, 0.15) is 25.3 Å². The summed E-state index contributed by atoms with van der Waals surface area (Å²) in [5.74, 6) is -1.13. The lowest BCUT2D eigenvalue weighted by Gasteiger charge is -2.25. The Bertz CT molecular complexity index is 1270. The van der Waals surface area contributed by atoms with E-state index in [-0.39, 0.29) is 50.0 Å². The average Bonchev–Trinajstić information content (AvgIpc) is 3.17. The second-order valence-corrected chi connectivity index (χ2v) is 14.7. The van der Waals surface area contributed by atoms with Crippen LogP contribution in [0.15, 0.2) is 60.7 Å². The molecule has 2 atom stereocenters. The van der Waals surface area contributed by atoms with Crippen molar-refractivity contribution < 1.29 is 47.6 Å². The van der Waals surface area contributed by atoms with E-state index in [4.69, 9.17) is 28.4 Å². The molecule has 2 N–H and O–H groups in total. The predicted molar refractivity (Wildman–Crippen MR) is 211 cm³/mol. The standard InChI is InChI=1S/C42H64N4O10/c1-33(2)27-37(41(49)55-31-35-11-7-5-8-12-35)43-39(47)29-45-15-19-51-23-25-53-21-17-46(18-22-54-26-24-52-20-16-45)30-40(48)44-38(28-34(3)4)42(50)56-32-36-13-9-6-10-14-36/h5-14,33-34,37-38H,15-32H2,1-4H3,(H,43,47)(H,44,48). The van der Waals surface area contributed by atoms with Gasteiger partial charge in [0, 0.05) is 26.2 Å². The summed E-state index contributed by atoms with van der Waals surface area (Å²) in [6.45, 7) is 13.2. The summed E-state index contributed by atoms with van der Waals surface area (Å²) >= 11 is 0. The van der Waals surface area contributed by atoms with Gasteiger partial charge in [-0.15, -0.1) is 0 Å². The van der Waals surface area contributed by atoms with E-state index in [2.05, 4.69) is 10.6 Å². The fraction of sp³-hybridized carbons (Fsp3) is 0.619. The highest BCUT2D eigenvalue weighted by molar-refractivity contribution is 5.86. The number of carbonyl (C=O) groups excluding carboxylic acids is 4. The van der Waals surface area contributed by atoms with Gasteiger partial charge in [-0.25, -0.2) is 9.59 Å². The number of carbonyl (C=O) groups is 4. The third kappa shape index (κ3) is 20.8. The van der Waals surface area contributed by atoms with Crippen LogP contribution in [0.5, 0.6) is 0 Å². The summed E-state index contributed by atoms with van der Waals surface area (Å²) in [6.07, 6.45) is 0.919. The van der Waals surface area contributed by atoms with E-state index in [0.29, 0.717) is 91.9 Å². The van der Waals surface area contributed by atoms with Crippen LogP contribution in [0.25, 0.3) is 0 Å². The molecule has 0 bridgehead atoms.